The van der Waals surface area contributed by atoms with Crippen LogP contribution in [-0.2, 0) is 11.3 Å². The van der Waals surface area contributed by atoms with Crippen LogP contribution in [0.3, 0.4) is 0 Å². The van der Waals surface area contributed by atoms with Crippen LogP contribution in [0.15, 0.2) is 24.3 Å². The van der Waals surface area contributed by atoms with Crippen molar-refractivity contribution in [1.82, 2.24) is 4.90 Å². The maximum Gasteiger partial charge on any atom is 0.242 e. The van der Waals surface area contributed by atoms with Crippen LogP contribution in [0.5, 0.6) is 5.75 Å². The number of carbonyl (C=O) groups is 1. The average molecular weight is 315 g/mol. The Hall–Kier alpha value is -1.30. The summed E-state index contributed by atoms with van der Waals surface area (Å²) in [4.78, 5) is 14.0. The first-order chi connectivity index (χ1) is 9.67. The highest BCUT2D eigenvalue weighted by atomic mass is 35.5. The summed E-state index contributed by atoms with van der Waals surface area (Å²) in [6.45, 7) is 2.68. The first-order valence-electron chi connectivity index (χ1n) is 7.05. The van der Waals surface area contributed by atoms with E-state index in [2.05, 4.69) is 0 Å². The molecule has 2 rings (SSSR count). The van der Waals surface area contributed by atoms with E-state index < -0.39 is 6.04 Å². The fourth-order valence-electron chi connectivity index (χ4n) is 2.18. The number of ether oxygens (including phenoxy) is 1. The van der Waals surface area contributed by atoms with Gasteiger partial charge in [-0.3, -0.25) is 4.79 Å². The number of hydrogen-bond donors (Lipinski definition) is 2. The third-order valence-corrected chi connectivity index (χ3v) is 3.40. The largest absolute Gasteiger partial charge is 0.494 e. The molecule has 3 N–H and O–H groups in total. The predicted molar refractivity (Wildman–Crippen MR) is 83.5 cm³/mol. The highest BCUT2D eigenvalue weighted by Crippen LogP contribution is 2.30. The zero-order valence-electron chi connectivity index (χ0n) is 12.2. The molecule has 0 bridgehead atoms. The second-order valence-electron chi connectivity index (χ2n) is 5.03. The molecular formula is C15H23ClN2O3. The lowest BCUT2D eigenvalue weighted by molar-refractivity contribution is -0.134. The monoisotopic (exact) mass is 314 g/mol. The molecule has 0 saturated heterocycles. The summed E-state index contributed by atoms with van der Waals surface area (Å²) in [6.07, 6.45) is 2.00. The molecule has 1 aromatic carbocycles. The summed E-state index contributed by atoms with van der Waals surface area (Å²) in [5, 5.41) is 9.06. The van der Waals surface area contributed by atoms with Crippen LogP contribution in [0.1, 0.15) is 25.3 Å². The van der Waals surface area contributed by atoms with Crippen molar-refractivity contribution in [2.45, 2.75) is 38.4 Å². The van der Waals surface area contributed by atoms with Gasteiger partial charge >= 0.3 is 0 Å². The molecule has 1 aliphatic rings. The van der Waals surface area contributed by atoms with Crippen LogP contribution >= 0.6 is 12.4 Å². The van der Waals surface area contributed by atoms with Gasteiger partial charge in [0.1, 0.15) is 11.8 Å². The van der Waals surface area contributed by atoms with Crippen molar-refractivity contribution in [3.63, 3.8) is 0 Å². The number of hydrogen-bond acceptors (Lipinski definition) is 4. The molecule has 1 fully saturated rings. The lowest BCUT2D eigenvalue weighted by Gasteiger charge is -2.26. The van der Waals surface area contributed by atoms with E-state index in [0.717, 1.165) is 24.2 Å². The number of aliphatic hydroxyl groups is 1. The summed E-state index contributed by atoms with van der Waals surface area (Å²) in [5.74, 6) is 0.604. The number of para-hydroxylation sites is 1. The smallest absolute Gasteiger partial charge is 0.242 e. The fourth-order valence-corrected chi connectivity index (χ4v) is 2.18. The number of benzene rings is 1. The van der Waals surface area contributed by atoms with E-state index in [1.54, 1.807) is 4.90 Å². The fraction of sp³-hybridized carbons (Fsp3) is 0.533. The molecular weight excluding hydrogens is 292 g/mol. The zero-order valence-corrected chi connectivity index (χ0v) is 13.0. The molecule has 0 heterocycles. The number of carbonyl (C=O) groups excluding carboxylic acids is 1. The lowest BCUT2D eigenvalue weighted by Crippen LogP contribution is -2.46. The van der Waals surface area contributed by atoms with Crippen molar-refractivity contribution in [1.29, 1.82) is 0 Å². The third-order valence-electron chi connectivity index (χ3n) is 3.40. The first kappa shape index (κ1) is 17.8. The van der Waals surface area contributed by atoms with Crippen molar-refractivity contribution < 1.29 is 14.6 Å². The minimum Gasteiger partial charge on any atom is -0.494 e. The Labute approximate surface area is 131 Å². The molecule has 0 spiro atoms. The van der Waals surface area contributed by atoms with Crippen molar-refractivity contribution >= 4 is 18.3 Å². The maximum atomic E-state index is 12.2. The number of nitrogens with two attached hydrogens (primary N) is 1. The van der Waals surface area contributed by atoms with Gasteiger partial charge in [0, 0.05) is 18.2 Å². The Bertz CT molecular complexity index is 466. The van der Waals surface area contributed by atoms with Crippen molar-refractivity contribution in [2.24, 2.45) is 5.73 Å². The van der Waals surface area contributed by atoms with E-state index in [9.17, 15) is 4.79 Å². The highest BCUT2D eigenvalue weighted by molar-refractivity contribution is 5.85. The Morgan fingerprint density at radius 3 is 2.71 bits per heavy atom. The van der Waals surface area contributed by atoms with E-state index in [1.807, 2.05) is 31.2 Å². The number of nitrogens with zero attached hydrogens (tertiary/aromatic N) is 1. The number of halogens is 1. The molecule has 1 aliphatic carbocycles. The Kier molecular flexibility index (Phi) is 6.95. The molecule has 0 radical (unpaired) electrons. The minimum absolute atomic E-state index is 0. The maximum absolute atomic E-state index is 12.2. The topological polar surface area (TPSA) is 75.8 Å². The van der Waals surface area contributed by atoms with Crippen LogP contribution in [0.4, 0.5) is 0 Å². The van der Waals surface area contributed by atoms with Gasteiger partial charge in [-0.25, -0.2) is 0 Å². The number of aliphatic hydroxyl groups excluding tert-OH is 1. The van der Waals surface area contributed by atoms with Crippen LogP contribution in [0.25, 0.3) is 0 Å². The van der Waals surface area contributed by atoms with Crippen molar-refractivity contribution in [3.8, 4) is 5.75 Å². The standard InChI is InChI=1S/C15H22N2O3.ClH/c1-2-20-14-6-4-3-5-11(14)9-17(12-7-8-12)15(19)13(16)10-18;/h3-6,12-13,18H,2,7-10,16H2,1H3;1H/t13-;/m1./s1. The molecule has 6 heteroatoms. The van der Waals surface area contributed by atoms with Gasteiger partial charge < -0.3 is 20.5 Å². The van der Waals surface area contributed by atoms with Crippen LogP contribution in [-0.4, -0.2) is 41.2 Å². The van der Waals surface area contributed by atoms with Gasteiger partial charge in [0.25, 0.3) is 0 Å². The van der Waals surface area contributed by atoms with Crippen molar-refractivity contribution in [3.05, 3.63) is 29.8 Å². The molecule has 1 amide bonds. The molecule has 1 saturated carbocycles. The number of amides is 1. The molecule has 0 aromatic heterocycles. The zero-order chi connectivity index (χ0) is 14.5. The summed E-state index contributed by atoms with van der Waals surface area (Å²) >= 11 is 0. The summed E-state index contributed by atoms with van der Waals surface area (Å²) in [6, 6.07) is 7.11. The Balaban J connectivity index is 0.00000220. The Morgan fingerprint density at radius 2 is 2.14 bits per heavy atom. The van der Waals surface area contributed by atoms with Crippen LogP contribution < -0.4 is 10.5 Å². The quantitative estimate of drug-likeness (QED) is 0.796. The second kappa shape index (κ2) is 8.22. The summed E-state index contributed by atoms with van der Waals surface area (Å²) in [7, 11) is 0. The van der Waals surface area contributed by atoms with E-state index in [0.29, 0.717) is 13.2 Å². The van der Waals surface area contributed by atoms with Gasteiger partial charge in [-0.1, -0.05) is 18.2 Å². The molecule has 118 valence electrons. The summed E-state index contributed by atoms with van der Waals surface area (Å²) < 4.78 is 5.59. The van der Waals surface area contributed by atoms with Gasteiger partial charge in [0.15, 0.2) is 0 Å². The second-order valence-corrected chi connectivity index (χ2v) is 5.03. The van der Waals surface area contributed by atoms with Crippen molar-refractivity contribution in [2.75, 3.05) is 13.2 Å². The molecule has 0 aliphatic heterocycles. The van der Waals surface area contributed by atoms with Gasteiger partial charge in [0.2, 0.25) is 5.91 Å². The van der Waals surface area contributed by atoms with Crippen LogP contribution in [0, 0.1) is 0 Å². The van der Waals surface area contributed by atoms with E-state index in [4.69, 9.17) is 15.6 Å². The van der Waals surface area contributed by atoms with Crippen LogP contribution in [0.2, 0.25) is 0 Å². The molecule has 1 atom stereocenters. The predicted octanol–water partition coefficient (Wildman–Crippen LogP) is 1.32. The first-order valence-corrected chi connectivity index (χ1v) is 7.05. The Morgan fingerprint density at radius 1 is 1.48 bits per heavy atom. The van der Waals surface area contributed by atoms with Gasteiger partial charge in [0.05, 0.1) is 13.2 Å². The average Bonchev–Trinajstić information content (AvgIpc) is 3.29. The molecule has 1 aromatic rings. The van der Waals surface area contributed by atoms with Gasteiger partial charge in [-0.05, 0) is 25.8 Å². The highest BCUT2D eigenvalue weighted by Gasteiger charge is 2.34. The molecule has 0 unspecified atom stereocenters. The summed E-state index contributed by atoms with van der Waals surface area (Å²) in [5.41, 5.74) is 6.63. The normalized spacial score (nSPS) is 15.0. The van der Waals surface area contributed by atoms with Gasteiger partial charge in [-0.15, -0.1) is 12.4 Å². The SMILES string of the molecule is CCOc1ccccc1CN(C(=O)[C@H](N)CO)C1CC1.Cl. The lowest BCUT2D eigenvalue weighted by atomic mass is 10.1. The minimum atomic E-state index is -0.838. The van der Waals surface area contributed by atoms with E-state index in [1.165, 1.54) is 0 Å². The molecule has 21 heavy (non-hydrogen) atoms. The van der Waals surface area contributed by atoms with E-state index in [-0.39, 0.29) is 31.0 Å². The number of rotatable bonds is 7. The van der Waals surface area contributed by atoms with Gasteiger partial charge in [-0.2, -0.15) is 0 Å². The third kappa shape index (κ3) is 4.59. The molecule has 5 nitrogen and oxygen atoms in total. The van der Waals surface area contributed by atoms with E-state index >= 15 is 0 Å².